The Morgan fingerprint density at radius 1 is 1.07 bits per heavy atom. The molecule has 0 aromatic rings. The number of rotatable bonds is 2. The van der Waals surface area contributed by atoms with Crippen LogP contribution in [0.25, 0.3) is 0 Å². The van der Waals surface area contributed by atoms with Crippen LogP contribution < -0.4 is 5.73 Å². The fourth-order valence-electron chi connectivity index (χ4n) is 2.31. The van der Waals surface area contributed by atoms with E-state index in [2.05, 4.69) is 0 Å². The van der Waals surface area contributed by atoms with Crippen LogP contribution in [0.4, 0.5) is 0 Å². The molecule has 1 aliphatic rings. The summed E-state index contributed by atoms with van der Waals surface area (Å²) in [7, 11) is 1.65. The van der Waals surface area contributed by atoms with E-state index < -0.39 is 0 Å². The molecule has 1 fully saturated rings. The van der Waals surface area contributed by atoms with Crippen LogP contribution in [-0.4, -0.2) is 23.5 Å². The van der Waals surface area contributed by atoms with Crippen molar-refractivity contribution in [1.29, 1.82) is 0 Å². The Labute approximate surface area is 87.2 Å². The van der Waals surface area contributed by atoms with Gasteiger partial charge in [0.05, 0.1) is 6.17 Å². The third-order valence-corrected chi connectivity index (χ3v) is 3.31. The Morgan fingerprint density at radius 3 is 1.93 bits per heavy atom. The molecule has 0 aromatic heterocycles. The van der Waals surface area contributed by atoms with Crippen molar-refractivity contribution in [2.75, 3.05) is 7.05 Å². The molecule has 0 radical (unpaired) electrons. The minimum Gasteiger partial charge on any atom is -0.314 e. The number of nitrogens with two attached hydrogens (primary N) is 1. The minimum atomic E-state index is -0.173. The lowest BCUT2D eigenvalue weighted by Crippen LogP contribution is -2.43. The smallest absolute Gasteiger partial charge is 0.0841 e. The zero-order valence-electron chi connectivity index (χ0n) is 9.28. The molecule has 1 saturated carbocycles. The lowest BCUT2D eigenvalue weighted by molar-refractivity contribution is -0.119. The Kier molecular flexibility index (Phi) is 5.45. The van der Waals surface area contributed by atoms with Crippen LogP contribution in [-0.2, 0) is 0 Å². The summed E-state index contributed by atoms with van der Waals surface area (Å²) in [6.07, 6.45) is 10.1. The van der Waals surface area contributed by atoms with Crippen molar-refractivity contribution in [3.63, 3.8) is 0 Å². The van der Waals surface area contributed by atoms with Crippen LogP contribution in [0, 0.1) is 5.92 Å². The van der Waals surface area contributed by atoms with Gasteiger partial charge in [0.25, 0.3) is 0 Å². The van der Waals surface area contributed by atoms with Crippen molar-refractivity contribution in [2.24, 2.45) is 11.7 Å². The predicted molar refractivity (Wildman–Crippen MR) is 58.0 cm³/mol. The summed E-state index contributed by atoms with van der Waals surface area (Å²) in [5.74, 6) is 0.475. The van der Waals surface area contributed by atoms with Gasteiger partial charge in [0.2, 0.25) is 0 Å². The molecule has 3 N–H and O–H groups in total. The van der Waals surface area contributed by atoms with Crippen molar-refractivity contribution < 1.29 is 5.21 Å². The monoisotopic (exact) mass is 200 g/mol. The van der Waals surface area contributed by atoms with E-state index in [4.69, 9.17) is 5.73 Å². The Hall–Kier alpha value is -0.120. The third kappa shape index (κ3) is 3.95. The molecule has 0 bridgehead atoms. The normalized spacial score (nSPS) is 24.0. The third-order valence-electron chi connectivity index (χ3n) is 3.31. The first kappa shape index (κ1) is 12.0. The second-order valence-corrected chi connectivity index (χ2v) is 4.52. The minimum absolute atomic E-state index is 0.173. The van der Waals surface area contributed by atoms with Crippen molar-refractivity contribution in [2.45, 2.75) is 57.5 Å². The van der Waals surface area contributed by atoms with Gasteiger partial charge in [0.1, 0.15) is 0 Å². The van der Waals surface area contributed by atoms with Crippen molar-refractivity contribution in [1.82, 2.24) is 5.06 Å². The van der Waals surface area contributed by atoms with E-state index in [0.29, 0.717) is 5.92 Å². The average Bonchev–Trinajstić information content (AvgIpc) is 2.29. The van der Waals surface area contributed by atoms with Crippen LogP contribution in [0.5, 0.6) is 0 Å². The van der Waals surface area contributed by atoms with Crippen molar-refractivity contribution in [3.05, 3.63) is 0 Å². The zero-order chi connectivity index (χ0) is 10.4. The summed E-state index contributed by atoms with van der Waals surface area (Å²) in [4.78, 5) is 0. The molecule has 1 unspecified atom stereocenters. The summed E-state index contributed by atoms with van der Waals surface area (Å²) < 4.78 is 0. The molecule has 1 atom stereocenters. The molecule has 0 heterocycles. The fourth-order valence-corrected chi connectivity index (χ4v) is 2.31. The molecule has 0 amide bonds. The summed E-state index contributed by atoms with van der Waals surface area (Å²) in [6.45, 7) is 0. The van der Waals surface area contributed by atoms with E-state index in [9.17, 15) is 5.21 Å². The fraction of sp³-hybridized carbons (Fsp3) is 1.00. The van der Waals surface area contributed by atoms with Gasteiger partial charge in [0, 0.05) is 7.05 Å². The van der Waals surface area contributed by atoms with Crippen LogP contribution >= 0.6 is 0 Å². The highest BCUT2D eigenvalue weighted by molar-refractivity contribution is 4.70. The highest BCUT2D eigenvalue weighted by atomic mass is 16.5. The number of nitrogens with zero attached hydrogens (tertiary/aromatic N) is 1. The average molecular weight is 200 g/mol. The van der Waals surface area contributed by atoms with E-state index in [0.717, 1.165) is 0 Å². The van der Waals surface area contributed by atoms with Gasteiger partial charge in [-0.1, -0.05) is 38.5 Å². The number of hydroxylamine groups is 2. The lowest BCUT2D eigenvalue weighted by Gasteiger charge is -2.27. The molecule has 0 aromatic carbocycles. The van der Waals surface area contributed by atoms with E-state index in [1.807, 2.05) is 0 Å². The lowest BCUT2D eigenvalue weighted by atomic mass is 9.94. The highest BCUT2D eigenvalue weighted by Gasteiger charge is 2.20. The largest absolute Gasteiger partial charge is 0.314 e. The molecular formula is C11H24N2O. The van der Waals surface area contributed by atoms with Crippen molar-refractivity contribution >= 4 is 0 Å². The Morgan fingerprint density at radius 2 is 1.50 bits per heavy atom. The summed E-state index contributed by atoms with van der Waals surface area (Å²) in [5.41, 5.74) is 5.94. The van der Waals surface area contributed by atoms with Crippen LogP contribution in [0.3, 0.4) is 0 Å². The first-order valence-corrected chi connectivity index (χ1v) is 5.89. The predicted octanol–water partition coefficient (Wildman–Crippen LogP) is 2.34. The molecule has 0 saturated heterocycles. The summed E-state index contributed by atoms with van der Waals surface area (Å²) >= 11 is 0. The van der Waals surface area contributed by atoms with Gasteiger partial charge in [0.15, 0.2) is 0 Å². The second kappa shape index (κ2) is 6.38. The maximum Gasteiger partial charge on any atom is 0.0841 e. The van der Waals surface area contributed by atoms with Crippen LogP contribution in [0.1, 0.15) is 51.4 Å². The van der Waals surface area contributed by atoms with Gasteiger partial charge < -0.3 is 10.9 Å². The zero-order valence-corrected chi connectivity index (χ0v) is 9.28. The maximum atomic E-state index is 9.31. The van der Waals surface area contributed by atoms with Gasteiger partial charge in [-0.2, -0.15) is 5.06 Å². The SMILES string of the molecule is CN(O)C(N)C1CCCCCCCC1. The molecule has 3 heteroatoms. The molecule has 1 rings (SSSR count). The molecule has 0 aliphatic heterocycles. The van der Waals surface area contributed by atoms with Crippen LogP contribution in [0.15, 0.2) is 0 Å². The standard InChI is InChI=1S/C11H24N2O/c1-13(14)11(12)10-8-6-4-2-3-5-7-9-10/h10-11,14H,2-9,12H2,1H3. The Bertz CT molecular complexity index is 140. The van der Waals surface area contributed by atoms with E-state index >= 15 is 0 Å². The van der Waals surface area contributed by atoms with Gasteiger partial charge in [-0.15, -0.1) is 0 Å². The summed E-state index contributed by atoms with van der Waals surface area (Å²) in [6, 6.07) is 0. The molecule has 0 spiro atoms. The molecule has 14 heavy (non-hydrogen) atoms. The van der Waals surface area contributed by atoms with Crippen molar-refractivity contribution in [3.8, 4) is 0 Å². The van der Waals surface area contributed by atoms with Gasteiger partial charge >= 0.3 is 0 Å². The molecular weight excluding hydrogens is 176 g/mol. The first-order valence-electron chi connectivity index (χ1n) is 5.89. The van der Waals surface area contributed by atoms with E-state index in [-0.39, 0.29) is 6.17 Å². The quantitative estimate of drug-likeness (QED) is 0.531. The summed E-state index contributed by atoms with van der Waals surface area (Å²) in [5, 5.41) is 10.5. The van der Waals surface area contributed by atoms with Gasteiger partial charge in [-0.25, -0.2) is 0 Å². The first-order chi connectivity index (χ1) is 6.72. The highest BCUT2D eigenvalue weighted by Crippen LogP contribution is 2.24. The topological polar surface area (TPSA) is 49.5 Å². The second-order valence-electron chi connectivity index (χ2n) is 4.52. The number of hydrogen-bond donors (Lipinski definition) is 2. The maximum absolute atomic E-state index is 9.31. The Balaban J connectivity index is 2.39. The molecule has 1 aliphatic carbocycles. The van der Waals surface area contributed by atoms with Crippen LogP contribution in [0.2, 0.25) is 0 Å². The van der Waals surface area contributed by atoms with Gasteiger partial charge in [-0.3, -0.25) is 0 Å². The van der Waals surface area contributed by atoms with E-state index in [1.165, 1.54) is 56.4 Å². The molecule has 84 valence electrons. The molecule has 3 nitrogen and oxygen atoms in total. The van der Waals surface area contributed by atoms with E-state index in [1.54, 1.807) is 7.05 Å². The number of hydrogen-bond acceptors (Lipinski definition) is 3. The van der Waals surface area contributed by atoms with Gasteiger partial charge in [-0.05, 0) is 18.8 Å².